The van der Waals surface area contributed by atoms with Crippen molar-refractivity contribution in [1.29, 1.82) is 0 Å². The second kappa shape index (κ2) is 5.76. The van der Waals surface area contributed by atoms with Crippen molar-refractivity contribution in [2.45, 2.75) is 45.3 Å². The number of hydrogen-bond donors (Lipinski definition) is 3. The van der Waals surface area contributed by atoms with E-state index in [0.29, 0.717) is 31.9 Å². The first kappa shape index (κ1) is 14.7. The Morgan fingerprint density at radius 3 is 2.50 bits per heavy atom. The SMILES string of the molecule is CC(C)Oc1nc(NN)nc(N2CCC(C)(O)CC2)n1. The summed E-state index contributed by atoms with van der Waals surface area (Å²) in [5, 5.41) is 9.98. The van der Waals surface area contributed by atoms with E-state index in [2.05, 4.69) is 20.4 Å². The van der Waals surface area contributed by atoms with Gasteiger partial charge in [-0.2, -0.15) is 15.0 Å². The molecule has 0 spiro atoms. The van der Waals surface area contributed by atoms with Crippen LogP contribution in [0.2, 0.25) is 0 Å². The molecule has 112 valence electrons. The lowest BCUT2D eigenvalue weighted by Crippen LogP contribution is -2.43. The number of ether oxygens (including phenoxy) is 1. The van der Waals surface area contributed by atoms with Crippen LogP contribution in [0.1, 0.15) is 33.6 Å². The molecule has 1 saturated heterocycles. The molecule has 8 heteroatoms. The van der Waals surface area contributed by atoms with Gasteiger partial charge in [0.15, 0.2) is 0 Å². The Balaban J connectivity index is 2.18. The molecule has 20 heavy (non-hydrogen) atoms. The van der Waals surface area contributed by atoms with E-state index in [1.807, 2.05) is 25.7 Å². The largest absolute Gasteiger partial charge is 0.461 e. The molecule has 8 nitrogen and oxygen atoms in total. The number of nitrogen functional groups attached to an aromatic ring is 1. The topological polar surface area (TPSA) is 109 Å². The van der Waals surface area contributed by atoms with Gasteiger partial charge in [-0.15, -0.1) is 0 Å². The summed E-state index contributed by atoms with van der Waals surface area (Å²) in [4.78, 5) is 14.6. The maximum Gasteiger partial charge on any atom is 0.323 e. The molecule has 0 atom stereocenters. The lowest BCUT2D eigenvalue weighted by atomic mass is 9.94. The van der Waals surface area contributed by atoms with E-state index in [1.165, 1.54) is 0 Å². The number of hydrazine groups is 1. The van der Waals surface area contributed by atoms with Gasteiger partial charge in [0.1, 0.15) is 0 Å². The van der Waals surface area contributed by atoms with E-state index in [4.69, 9.17) is 10.6 Å². The Kier molecular flexibility index (Phi) is 4.24. The first-order valence-corrected chi connectivity index (χ1v) is 6.76. The summed E-state index contributed by atoms with van der Waals surface area (Å²) in [6.07, 6.45) is 1.31. The summed E-state index contributed by atoms with van der Waals surface area (Å²) in [5.74, 6) is 6.15. The minimum atomic E-state index is -0.615. The standard InChI is InChI=1S/C12H22N6O2/c1-8(2)20-11-15-9(17-13)14-10(16-11)18-6-4-12(3,19)5-7-18/h8,19H,4-7,13H2,1-3H3,(H,14,15,16,17). The molecule has 1 aromatic rings. The molecule has 2 rings (SSSR count). The third-order valence-corrected chi connectivity index (χ3v) is 3.20. The quantitative estimate of drug-likeness (QED) is 0.534. The van der Waals surface area contributed by atoms with Crippen molar-refractivity contribution >= 4 is 11.9 Å². The number of rotatable bonds is 4. The van der Waals surface area contributed by atoms with Gasteiger partial charge in [0.2, 0.25) is 11.9 Å². The van der Waals surface area contributed by atoms with Gasteiger partial charge in [-0.25, -0.2) is 5.84 Å². The number of nitrogens with zero attached hydrogens (tertiary/aromatic N) is 4. The van der Waals surface area contributed by atoms with Crippen molar-refractivity contribution in [3.8, 4) is 6.01 Å². The number of nitrogens with two attached hydrogens (primary N) is 1. The first-order chi connectivity index (χ1) is 9.39. The van der Waals surface area contributed by atoms with Crippen LogP contribution in [0, 0.1) is 0 Å². The fraction of sp³-hybridized carbons (Fsp3) is 0.750. The molecule has 0 aliphatic carbocycles. The minimum absolute atomic E-state index is 0.0297. The van der Waals surface area contributed by atoms with E-state index < -0.39 is 5.60 Å². The highest BCUT2D eigenvalue weighted by Gasteiger charge is 2.29. The van der Waals surface area contributed by atoms with Crippen LogP contribution in [0.25, 0.3) is 0 Å². The molecule has 1 aliphatic rings. The number of piperidine rings is 1. The maximum absolute atomic E-state index is 9.98. The first-order valence-electron chi connectivity index (χ1n) is 6.76. The van der Waals surface area contributed by atoms with Gasteiger partial charge in [0, 0.05) is 13.1 Å². The predicted molar refractivity (Wildman–Crippen MR) is 75.5 cm³/mol. The predicted octanol–water partition coefficient (Wildman–Crippen LogP) is 0.296. The Hall–Kier alpha value is -1.67. The summed E-state index contributed by atoms with van der Waals surface area (Å²) in [6, 6.07) is 0.246. The second-order valence-electron chi connectivity index (χ2n) is 5.54. The molecule has 0 aromatic carbocycles. The van der Waals surface area contributed by atoms with Crippen molar-refractivity contribution < 1.29 is 9.84 Å². The Labute approximate surface area is 118 Å². The molecule has 0 radical (unpaired) electrons. The monoisotopic (exact) mass is 282 g/mol. The van der Waals surface area contributed by atoms with Crippen LogP contribution in [0.3, 0.4) is 0 Å². The normalized spacial score (nSPS) is 18.2. The Morgan fingerprint density at radius 1 is 1.30 bits per heavy atom. The van der Waals surface area contributed by atoms with E-state index in [0.717, 1.165) is 0 Å². The summed E-state index contributed by atoms with van der Waals surface area (Å²) in [7, 11) is 0. The third-order valence-electron chi connectivity index (χ3n) is 3.20. The summed E-state index contributed by atoms with van der Waals surface area (Å²) >= 11 is 0. The molecule has 0 bridgehead atoms. The second-order valence-corrected chi connectivity index (χ2v) is 5.54. The summed E-state index contributed by atoms with van der Waals surface area (Å²) < 4.78 is 5.50. The highest BCUT2D eigenvalue weighted by Crippen LogP contribution is 2.25. The van der Waals surface area contributed by atoms with E-state index >= 15 is 0 Å². The van der Waals surface area contributed by atoms with Crippen molar-refractivity contribution in [3.05, 3.63) is 0 Å². The van der Waals surface area contributed by atoms with Crippen LogP contribution in [0.5, 0.6) is 6.01 Å². The number of aliphatic hydroxyl groups is 1. The Bertz CT molecular complexity index is 455. The molecule has 0 unspecified atom stereocenters. The molecule has 1 aliphatic heterocycles. The molecule has 1 fully saturated rings. The van der Waals surface area contributed by atoms with Crippen LogP contribution in [-0.4, -0.2) is 44.9 Å². The average Bonchev–Trinajstić information content (AvgIpc) is 2.37. The van der Waals surface area contributed by atoms with Crippen molar-refractivity contribution in [2.75, 3.05) is 23.4 Å². The van der Waals surface area contributed by atoms with Crippen LogP contribution in [0.4, 0.5) is 11.9 Å². The number of hydrogen-bond acceptors (Lipinski definition) is 8. The van der Waals surface area contributed by atoms with E-state index in [-0.39, 0.29) is 18.1 Å². The molecular formula is C12H22N6O2. The van der Waals surface area contributed by atoms with Crippen LogP contribution >= 0.6 is 0 Å². The average molecular weight is 282 g/mol. The molecule has 0 saturated carbocycles. The molecule has 1 aromatic heterocycles. The van der Waals surface area contributed by atoms with Gasteiger partial charge in [0.25, 0.3) is 0 Å². The van der Waals surface area contributed by atoms with Gasteiger partial charge in [-0.3, -0.25) is 5.43 Å². The zero-order valence-electron chi connectivity index (χ0n) is 12.1. The van der Waals surface area contributed by atoms with Crippen LogP contribution in [0.15, 0.2) is 0 Å². The fourth-order valence-electron chi connectivity index (χ4n) is 2.00. The fourth-order valence-corrected chi connectivity index (χ4v) is 2.00. The number of anilines is 2. The zero-order chi connectivity index (χ0) is 14.8. The zero-order valence-corrected chi connectivity index (χ0v) is 12.1. The lowest BCUT2D eigenvalue weighted by Gasteiger charge is -2.35. The highest BCUT2D eigenvalue weighted by molar-refractivity contribution is 5.38. The maximum atomic E-state index is 9.98. The smallest absolute Gasteiger partial charge is 0.323 e. The van der Waals surface area contributed by atoms with Gasteiger partial charge >= 0.3 is 6.01 Å². The van der Waals surface area contributed by atoms with E-state index in [9.17, 15) is 5.11 Å². The number of nitrogens with one attached hydrogen (secondary N) is 1. The minimum Gasteiger partial charge on any atom is -0.461 e. The number of aromatic nitrogens is 3. The molecule has 4 N–H and O–H groups in total. The highest BCUT2D eigenvalue weighted by atomic mass is 16.5. The third kappa shape index (κ3) is 3.67. The summed E-state index contributed by atoms with van der Waals surface area (Å²) in [5.41, 5.74) is 1.80. The van der Waals surface area contributed by atoms with Gasteiger partial charge < -0.3 is 14.7 Å². The van der Waals surface area contributed by atoms with Crippen molar-refractivity contribution in [3.63, 3.8) is 0 Å². The molecular weight excluding hydrogens is 260 g/mol. The molecule has 2 heterocycles. The van der Waals surface area contributed by atoms with Crippen molar-refractivity contribution in [2.24, 2.45) is 5.84 Å². The van der Waals surface area contributed by atoms with Gasteiger partial charge in [-0.1, -0.05) is 0 Å². The lowest BCUT2D eigenvalue weighted by molar-refractivity contribution is 0.0348. The van der Waals surface area contributed by atoms with Gasteiger partial charge in [0.05, 0.1) is 11.7 Å². The van der Waals surface area contributed by atoms with Crippen molar-refractivity contribution in [1.82, 2.24) is 15.0 Å². The van der Waals surface area contributed by atoms with Gasteiger partial charge in [-0.05, 0) is 33.6 Å². The van der Waals surface area contributed by atoms with E-state index in [1.54, 1.807) is 0 Å². The Morgan fingerprint density at radius 2 is 1.95 bits per heavy atom. The van der Waals surface area contributed by atoms with Crippen LogP contribution < -0.4 is 20.9 Å². The van der Waals surface area contributed by atoms with Crippen LogP contribution in [-0.2, 0) is 0 Å². The summed E-state index contributed by atoms with van der Waals surface area (Å²) in [6.45, 7) is 7.01. The molecule has 0 amide bonds.